The number of nitriles is 1. The normalized spacial score (nSPS) is 28.2. The number of benzene rings is 1. The van der Waals surface area contributed by atoms with Crippen molar-refractivity contribution in [3.63, 3.8) is 0 Å². The molecule has 1 aromatic rings. The predicted octanol–water partition coefficient (Wildman–Crippen LogP) is 4.61. The minimum atomic E-state index is -0.404. The average Bonchev–Trinajstić information content (AvgIpc) is 2.56. The molecule has 0 radical (unpaired) electrons. The number of halogens is 1. The summed E-state index contributed by atoms with van der Waals surface area (Å²) in [6, 6.07) is 10.1. The fourth-order valence-electron chi connectivity index (χ4n) is 2.59. The number of hydrogen-bond acceptors (Lipinski definition) is 2. The van der Waals surface area contributed by atoms with Gasteiger partial charge in [0.15, 0.2) is 0 Å². The zero-order valence-corrected chi connectivity index (χ0v) is 11.5. The Bertz CT molecular complexity index is 435. The molecule has 1 aromatic carbocycles. The summed E-state index contributed by atoms with van der Waals surface area (Å²) in [6.07, 6.45) is 5.32. The third-order valence-corrected chi connectivity index (χ3v) is 4.06. The van der Waals surface area contributed by atoms with Crippen LogP contribution >= 0.6 is 11.6 Å². The van der Waals surface area contributed by atoms with E-state index in [-0.39, 0.29) is 0 Å². The zero-order valence-electron chi connectivity index (χ0n) is 10.7. The van der Waals surface area contributed by atoms with E-state index in [0.717, 1.165) is 42.3 Å². The standard InChI is InChI=1S/C15H19ClN2/c1-12-3-2-9-15(11-17,10-8-12)18-14-6-4-13(16)5-7-14/h4-7,12,18H,2-3,8-10H2,1H3. The molecule has 0 saturated heterocycles. The van der Waals surface area contributed by atoms with E-state index in [0.29, 0.717) is 0 Å². The minimum absolute atomic E-state index is 0.404. The molecule has 18 heavy (non-hydrogen) atoms. The smallest absolute Gasteiger partial charge is 0.125 e. The van der Waals surface area contributed by atoms with Crippen LogP contribution in [0.4, 0.5) is 5.69 Å². The van der Waals surface area contributed by atoms with Crippen molar-refractivity contribution in [3.8, 4) is 6.07 Å². The lowest BCUT2D eigenvalue weighted by atomic mass is 9.91. The molecule has 1 saturated carbocycles. The summed E-state index contributed by atoms with van der Waals surface area (Å²) in [5.41, 5.74) is 0.578. The minimum Gasteiger partial charge on any atom is -0.367 e. The number of rotatable bonds is 2. The van der Waals surface area contributed by atoms with Crippen LogP contribution in [0.3, 0.4) is 0 Å². The molecule has 1 N–H and O–H groups in total. The van der Waals surface area contributed by atoms with Crippen molar-refractivity contribution in [2.24, 2.45) is 5.92 Å². The summed E-state index contributed by atoms with van der Waals surface area (Å²) in [4.78, 5) is 0. The van der Waals surface area contributed by atoms with Crippen molar-refractivity contribution in [3.05, 3.63) is 29.3 Å². The first kappa shape index (κ1) is 13.2. The van der Waals surface area contributed by atoms with Crippen LogP contribution in [0.15, 0.2) is 24.3 Å². The van der Waals surface area contributed by atoms with Crippen molar-refractivity contribution >= 4 is 17.3 Å². The van der Waals surface area contributed by atoms with Gasteiger partial charge in [-0.3, -0.25) is 0 Å². The van der Waals surface area contributed by atoms with Gasteiger partial charge in [0.05, 0.1) is 6.07 Å². The van der Waals surface area contributed by atoms with E-state index >= 15 is 0 Å². The van der Waals surface area contributed by atoms with E-state index in [4.69, 9.17) is 11.6 Å². The Balaban J connectivity index is 2.13. The van der Waals surface area contributed by atoms with E-state index in [9.17, 15) is 5.26 Å². The van der Waals surface area contributed by atoms with Crippen molar-refractivity contribution in [2.75, 3.05) is 5.32 Å². The fraction of sp³-hybridized carbons (Fsp3) is 0.533. The van der Waals surface area contributed by atoms with Gasteiger partial charge in [-0.1, -0.05) is 24.9 Å². The van der Waals surface area contributed by atoms with Gasteiger partial charge in [0.25, 0.3) is 0 Å². The summed E-state index contributed by atoms with van der Waals surface area (Å²) in [6.45, 7) is 2.27. The molecule has 1 aliphatic carbocycles. The first-order valence-electron chi connectivity index (χ1n) is 6.58. The molecule has 0 bridgehead atoms. The second-order valence-corrected chi connectivity index (χ2v) is 5.80. The van der Waals surface area contributed by atoms with Gasteiger partial charge in [0.2, 0.25) is 0 Å². The Kier molecular flexibility index (Phi) is 4.14. The van der Waals surface area contributed by atoms with Crippen LogP contribution < -0.4 is 5.32 Å². The van der Waals surface area contributed by atoms with Gasteiger partial charge in [0, 0.05) is 10.7 Å². The SMILES string of the molecule is CC1CCCC(C#N)(Nc2ccc(Cl)cc2)CC1. The molecule has 2 nitrogen and oxygen atoms in total. The van der Waals surface area contributed by atoms with Gasteiger partial charge in [-0.05, 0) is 55.9 Å². The van der Waals surface area contributed by atoms with Gasteiger partial charge in [-0.15, -0.1) is 0 Å². The Hall–Kier alpha value is -1.20. The maximum absolute atomic E-state index is 9.53. The number of nitrogens with one attached hydrogen (secondary N) is 1. The van der Waals surface area contributed by atoms with Crippen molar-refractivity contribution in [1.29, 1.82) is 5.26 Å². The Morgan fingerprint density at radius 1 is 1.28 bits per heavy atom. The van der Waals surface area contributed by atoms with E-state index in [2.05, 4.69) is 18.3 Å². The molecular formula is C15H19ClN2. The van der Waals surface area contributed by atoms with E-state index < -0.39 is 5.54 Å². The summed E-state index contributed by atoms with van der Waals surface area (Å²) in [7, 11) is 0. The lowest BCUT2D eigenvalue weighted by Crippen LogP contribution is -2.36. The summed E-state index contributed by atoms with van der Waals surface area (Å²) in [5, 5.41) is 13.7. The number of hydrogen-bond donors (Lipinski definition) is 1. The highest BCUT2D eigenvalue weighted by atomic mass is 35.5. The van der Waals surface area contributed by atoms with Gasteiger partial charge < -0.3 is 5.32 Å². The third-order valence-electron chi connectivity index (χ3n) is 3.81. The molecule has 0 spiro atoms. The van der Waals surface area contributed by atoms with Gasteiger partial charge in [-0.25, -0.2) is 0 Å². The molecule has 1 aliphatic rings. The molecule has 0 heterocycles. The van der Waals surface area contributed by atoms with E-state index in [1.807, 2.05) is 24.3 Å². The molecule has 0 aromatic heterocycles. The molecule has 0 aliphatic heterocycles. The maximum Gasteiger partial charge on any atom is 0.125 e. The molecule has 3 heteroatoms. The fourth-order valence-corrected chi connectivity index (χ4v) is 2.71. The summed E-state index contributed by atoms with van der Waals surface area (Å²) < 4.78 is 0. The van der Waals surface area contributed by atoms with Crippen LogP contribution in [0.25, 0.3) is 0 Å². The first-order valence-corrected chi connectivity index (χ1v) is 6.96. The van der Waals surface area contributed by atoms with Gasteiger partial charge in [-0.2, -0.15) is 5.26 Å². The Morgan fingerprint density at radius 3 is 2.67 bits per heavy atom. The van der Waals surface area contributed by atoms with Crippen molar-refractivity contribution in [2.45, 2.75) is 44.6 Å². The zero-order chi connectivity index (χ0) is 13.0. The molecule has 2 atom stereocenters. The Morgan fingerprint density at radius 2 is 2.00 bits per heavy atom. The second-order valence-electron chi connectivity index (χ2n) is 5.36. The van der Waals surface area contributed by atoms with E-state index in [1.54, 1.807) is 0 Å². The van der Waals surface area contributed by atoms with Crippen LogP contribution in [0.1, 0.15) is 39.0 Å². The first-order chi connectivity index (χ1) is 8.63. The summed E-state index contributed by atoms with van der Waals surface area (Å²) >= 11 is 5.88. The van der Waals surface area contributed by atoms with Crippen LogP contribution in [-0.2, 0) is 0 Å². The van der Waals surface area contributed by atoms with E-state index in [1.165, 1.54) is 6.42 Å². The number of nitrogens with zero attached hydrogens (tertiary/aromatic N) is 1. The molecular weight excluding hydrogens is 244 g/mol. The van der Waals surface area contributed by atoms with Crippen molar-refractivity contribution in [1.82, 2.24) is 0 Å². The molecule has 2 rings (SSSR count). The quantitative estimate of drug-likeness (QED) is 0.790. The molecule has 2 unspecified atom stereocenters. The maximum atomic E-state index is 9.53. The van der Waals surface area contributed by atoms with Crippen LogP contribution in [0, 0.1) is 17.2 Å². The van der Waals surface area contributed by atoms with Crippen LogP contribution in [0.5, 0.6) is 0 Å². The van der Waals surface area contributed by atoms with Gasteiger partial charge >= 0.3 is 0 Å². The molecule has 1 fully saturated rings. The average molecular weight is 263 g/mol. The number of anilines is 1. The van der Waals surface area contributed by atoms with Crippen LogP contribution in [0.2, 0.25) is 5.02 Å². The van der Waals surface area contributed by atoms with Crippen LogP contribution in [-0.4, -0.2) is 5.54 Å². The highest BCUT2D eigenvalue weighted by Crippen LogP contribution is 2.32. The van der Waals surface area contributed by atoms with Gasteiger partial charge in [0.1, 0.15) is 5.54 Å². The highest BCUT2D eigenvalue weighted by molar-refractivity contribution is 6.30. The second kappa shape index (κ2) is 5.63. The Labute approximate surface area is 114 Å². The topological polar surface area (TPSA) is 35.8 Å². The highest BCUT2D eigenvalue weighted by Gasteiger charge is 2.32. The largest absolute Gasteiger partial charge is 0.367 e. The third kappa shape index (κ3) is 3.17. The monoisotopic (exact) mass is 262 g/mol. The molecule has 0 amide bonds. The summed E-state index contributed by atoms with van der Waals surface area (Å²) in [5.74, 6) is 0.729. The molecule has 96 valence electrons. The lowest BCUT2D eigenvalue weighted by molar-refractivity contribution is 0.479. The predicted molar refractivity (Wildman–Crippen MR) is 75.7 cm³/mol. The lowest BCUT2D eigenvalue weighted by Gasteiger charge is -2.27. The van der Waals surface area contributed by atoms with Crippen molar-refractivity contribution < 1.29 is 0 Å².